The summed E-state index contributed by atoms with van der Waals surface area (Å²) in [6.45, 7) is 0.873. The molecule has 2 fully saturated rings. The smallest absolute Gasteiger partial charge is 0.295 e. The van der Waals surface area contributed by atoms with Crippen molar-refractivity contribution >= 4 is 17.4 Å². The molecule has 0 bridgehead atoms. The minimum Gasteiger partial charge on any atom is -0.507 e. The van der Waals surface area contributed by atoms with Gasteiger partial charge in [0, 0.05) is 18.7 Å². The van der Waals surface area contributed by atoms with Gasteiger partial charge in [0.1, 0.15) is 11.6 Å². The molecule has 2 aromatic rings. The third-order valence-corrected chi connectivity index (χ3v) is 5.20. The second-order valence-electron chi connectivity index (χ2n) is 7.00. The second kappa shape index (κ2) is 7.56. The van der Waals surface area contributed by atoms with E-state index in [-0.39, 0.29) is 24.0 Å². The number of carbonyl (C=O) groups excluding carboxylic acids is 2. The molecule has 0 aliphatic carbocycles. The predicted molar refractivity (Wildman–Crippen MR) is 101 cm³/mol. The van der Waals surface area contributed by atoms with Crippen LogP contribution in [0.2, 0.25) is 0 Å². The number of halogens is 1. The summed E-state index contributed by atoms with van der Waals surface area (Å²) in [6.07, 6.45) is 1.55. The average Bonchev–Trinajstić information content (AvgIpc) is 3.31. The summed E-state index contributed by atoms with van der Waals surface area (Å²) in [5.74, 6) is -2.07. The van der Waals surface area contributed by atoms with E-state index < -0.39 is 23.5 Å². The van der Waals surface area contributed by atoms with E-state index in [0.29, 0.717) is 17.7 Å². The van der Waals surface area contributed by atoms with Gasteiger partial charge in [-0.15, -0.1) is 0 Å². The van der Waals surface area contributed by atoms with Crippen LogP contribution in [-0.4, -0.2) is 41.0 Å². The molecule has 28 heavy (non-hydrogen) atoms. The van der Waals surface area contributed by atoms with Crippen molar-refractivity contribution in [1.82, 2.24) is 4.90 Å². The third-order valence-electron chi connectivity index (χ3n) is 5.20. The van der Waals surface area contributed by atoms with Crippen molar-refractivity contribution in [1.29, 1.82) is 0 Å². The molecular weight excluding hydrogens is 361 g/mol. The Bertz CT molecular complexity index is 917. The molecule has 2 unspecified atom stereocenters. The first kappa shape index (κ1) is 18.4. The highest BCUT2D eigenvalue weighted by Gasteiger charge is 2.47. The van der Waals surface area contributed by atoms with Crippen LogP contribution in [0, 0.1) is 5.82 Å². The van der Waals surface area contributed by atoms with E-state index in [4.69, 9.17) is 4.74 Å². The van der Waals surface area contributed by atoms with E-state index in [0.717, 1.165) is 12.8 Å². The fourth-order valence-electron chi connectivity index (χ4n) is 3.82. The van der Waals surface area contributed by atoms with Crippen molar-refractivity contribution in [3.05, 3.63) is 77.1 Å². The predicted octanol–water partition coefficient (Wildman–Crippen LogP) is 3.43. The van der Waals surface area contributed by atoms with Crippen LogP contribution in [0.4, 0.5) is 4.39 Å². The monoisotopic (exact) mass is 381 g/mol. The highest BCUT2D eigenvalue weighted by molar-refractivity contribution is 6.46. The molecule has 2 atom stereocenters. The van der Waals surface area contributed by atoms with E-state index in [1.54, 1.807) is 30.3 Å². The zero-order valence-corrected chi connectivity index (χ0v) is 15.2. The number of amides is 1. The Hall–Kier alpha value is -2.99. The number of likely N-dealkylation sites (tertiary alicyclic amines) is 1. The largest absolute Gasteiger partial charge is 0.507 e. The lowest BCUT2D eigenvalue weighted by molar-refractivity contribution is -0.140. The SMILES string of the molecule is O=C1C(=O)N(CC2CCCO2)C(c2ccc(F)cc2)/C1=C(\O)c1ccccc1. The molecule has 4 rings (SSSR count). The minimum atomic E-state index is -0.787. The van der Waals surface area contributed by atoms with Crippen LogP contribution in [0.15, 0.2) is 60.2 Å². The van der Waals surface area contributed by atoms with Crippen molar-refractivity contribution in [2.45, 2.75) is 25.0 Å². The van der Waals surface area contributed by atoms with Gasteiger partial charge in [0.2, 0.25) is 0 Å². The van der Waals surface area contributed by atoms with Crippen LogP contribution in [0.5, 0.6) is 0 Å². The molecule has 0 saturated carbocycles. The third kappa shape index (κ3) is 3.31. The summed E-state index contributed by atoms with van der Waals surface area (Å²) in [6, 6.07) is 13.5. The molecule has 2 aliphatic rings. The lowest BCUT2D eigenvalue weighted by atomic mass is 9.95. The zero-order valence-electron chi connectivity index (χ0n) is 15.2. The van der Waals surface area contributed by atoms with Crippen LogP contribution >= 0.6 is 0 Å². The van der Waals surface area contributed by atoms with Gasteiger partial charge in [-0.25, -0.2) is 4.39 Å². The van der Waals surface area contributed by atoms with Gasteiger partial charge in [-0.2, -0.15) is 0 Å². The maximum absolute atomic E-state index is 13.4. The fraction of sp³-hybridized carbons (Fsp3) is 0.273. The number of ether oxygens (including phenoxy) is 1. The Morgan fingerprint density at radius 3 is 2.46 bits per heavy atom. The first-order chi connectivity index (χ1) is 13.6. The Balaban J connectivity index is 1.81. The number of benzene rings is 2. The lowest BCUT2D eigenvalue weighted by Crippen LogP contribution is -2.36. The number of aliphatic hydroxyl groups excluding tert-OH is 1. The molecule has 0 spiro atoms. The molecule has 2 heterocycles. The number of aliphatic hydroxyl groups is 1. The number of rotatable bonds is 4. The Morgan fingerprint density at radius 1 is 1.11 bits per heavy atom. The van der Waals surface area contributed by atoms with E-state index in [1.807, 2.05) is 0 Å². The van der Waals surface area contributed by atoms with Crippen LogP contribution in [0.3, 0.4) is 0 Å². The van der Waals surface area contributed by atoms with E-state index in [9.17, 15) is 19.1 Å². The normalized spacial score (nSPS) is 24.1. The van der Waals surface area contributed by atoms with Crippen molar-refractivity contribution in [3.63, 3.8) is 0 Å². The molecule has 2 aliphatic heterocycles. The maximum Gasteiger partial charge on any atom is 0.295 e. The molecule has 144 valence electrons. The van der Waals surface area contributed by atoms with E-state index >= 15 is 0 Å². The quantitative estimate of drug-likeness (QED) is 0.501. The summed E-state index contributed by atoms with van der Waals surface area (Å²) >= 11 is 0. The average molecular weight is 381 g/mol. The van der Waals surface area contributed by atoms with Crippen LogP contribution in [0.25, 0.3) is 5.76 Å². The highest BCUT2D eigenvalue weighted by atomic mass is 19.1. The number of nitrogens with zero attached hydrogens (tertiary/aromatic N) is 1. The van der Waals surface area contributed by atoms with Gasteiger partial charge in [0.25, 0.3) is 11.7 Å². The highest BCUT2D eigenvalue weighted by Crippen LogP contribution is 2.40. The van der Waals surface area contributed by atoms with E-state index in [2.05, 4.69) is 0 Å². The molecule has 1 amide bonds. The Kier molecular flexibility index (Phi) is 4.96. The molecule has 5 nitrogen and oxygen atoms in total. The van der Waals surface area contributed by atoms with Gasteiger partial charge in [-0.3, -0.25) is 9.59 Å². The summed E-state index contributed by atoms with van der Waals surface area (Å²) in [5.41, 5.74) is 1.03. The van der Waals surface area contributed by atoms with Gasteiger partial charge >= 0.3 is 0 Å². The Morgan fingerprint density at radius 2 is 1.82 bits per heavy atom. The number of Topliss-reactive ketones (excluding diaryl/α,β-unsaturated/α-hetero) is 1. The van der Waals surface area contributed by atoms with E-state index in [1.165, 1.54) is 29.2 Å². The molecular formula is C22H20FNO4. The first-order valence-electron chi connectivity index (χ1n) is 9.27. The molecule has 2 saturated heterocycles. The lowest BCUT2D eigenvalue weighted by Gasteiger charge is -2.27. The van der Waals surface area contributed by atoms with Crippen molar-refractivity contribution < 1.29 is 23.8 Å². The van der Waals surface area contributed by atoms with Gasteiger partial charge in [-0.1, -0.05) is 42.5 Å². The summed E-state index contributed by atoms with van der Waals surface area (Å²) in [7, 11) is 0. The van der Waals surface area contributed by atoms with Gasteiger partial charge < -0.3 is 14.7 Å². The van der Waals surface area contributed by atoms with Gasteiger partial charge in [-0.05, 0) is 30.5 Å². The number of hydrogen-bond donors (Lipinski definition) is 1. The summed E-state index contributed by atoms with van der Waals surface area (Å²) < 4.78 is 19.1. The molecule has 2 aromatic carbocycles. The van der Waals surface area contributed by atoms with Crippen molar-refractivity contribution in [2.75, 3.05) is 13.2 Å². The van der Waals surface area contributed by atoms with Crippen LogP contribution in [-0.2, 0) is 14.3 Å². The van der Waals surface area contributed by atoms with Crippen LogP contribution in [0.1, 0.15) is 30.0 Å². The maximum atomic E-state index is 13.4. The fourth-order valence-corrected chi connectivity index (χ4v) is 3.82. The minimum absolute atomic E-state index is 0.0146. The first-order valence-corrected chi connectivity index (χ1v) is 9.27. The second-order valence-corrected chi connectivity index (χ2v) is 7.00. The van der Waals surface area contributed by atoms with Crippen LogP contribution < -0.4 is 0 Å². The topological polar surface area (TPSA) is 66.8 Å². The number of ketones is 1. The van der Waals surface area contributed by atoms with Gasteiger partial charge in [0.15, 0.2) is 0 Å². The van der Waals surface area contributed by atoms with Crippen molar-refractivity contribution in [2.24, 2.45) is 0 Å². The van der Waals surface area contributed by atoms with Gasteiger partial charge in [0.05, 0.1) is 17.7 Å². The van der Waals surface area contributed by atoms with Crippen molar-refractivity contribution in [3.8, 4) is 0 Å². The molecule has 6 heteroatoms. The molecule has 0 aromatic heterocycles. The standard InChI is InChI=1S/C22H20FNO4/c23-16-10-8-14(9-11-16)19-18(20(25)15-5-2-1-3-6-15)21(26)22(27)24(19)13-17-7-4-12-28-17/h1-3,5-6,8-11,17,19,25H,4,7,12-13H2/b20-18+. The molecule has 0 radical (unpaired) electrons. The zero-order chi connectivity index (χ0) is 19.7. The number of carbonyl (C=O) groups is 2. The Labute approximate surface area is 162 Å². The summed E-state index contributed by atoms with van der Waals surface area (Å²) in [5, 5.41) is 10.8. The summed E-state index contributed by atoms with van der Waals surface area (Å²) in [4.78, 5) is 27.1. The molecule has 1 N–H and O–H groups in total. The number of hydrogen-bond acceptors (Lipinski definition) is 4.